The fourth-order valence-electron chi connectivity index (χ4n) is 1.82. The molecule has 1 fully saturated rings. The van der Waals surface area contributed by atoms with Crippen molar-refractivity contribution in [3.05, 3.63) is 0 Å². The van der Waals surface area contributed by atoms with Crippen molar-refractivity contribution >= 4 is 80.6 Å². The molecule has 5 unspecified atom stereocenters. The van der Waals surface area contributed by atoms with Gasteiger partial charge in [-0.1, -0.05) is 36.4 Å². The van der Waals surface area contributed by atoms with E-state index in [0.29, 0.717) is 18.5 Å². The highest BCUT2D eigenvalue weighted by Gasteiger charge is 2.48. The number of halogens is 3. The summed E-state index contributed by atoms with van der Waals surface area (Å²) in [5.74, 6) is 0. The molecule has 0 saturated carbocycles. The molecule has 0 spiro atoms. The molecule has 5 nitrogen and oxygen atoms in total. The lowest BCUT2D eigenvalue weighted by Gasteiger charge is -2.42. The summed E-state index contributed by atoms with van der Waals surface area (Å²) in [6.07, 6.45) is -1.63. The summed E-state index contributed by atoms with van der Waals surface area (Å²) in [4.78, 5) is 0. The van der Waals surface area contributed by atoms with Crippen molar-refractivity contribution < 1.29 is 20.5 Å². The Hall–Kier alpha value is 2.34. The molecule has 108 valence electrons. The Kier molecular flexibility index (Phi) is 8.27. The van der Waals surface area contributed by atoms with Crippen LogP contribution in [0, 0.1) is 0 Å². The SMILES string of the molecule is CC(C)(I)CC1OC(OI)C(SO)C(OI)C1O. The number of ether oxygens (including phenoxy) is 1. The predicted octanol–water partition coefficient (Wildman–Crippen LogP) is 3.35. The van der Waals surface area contributed by atoms with Gasteiger partial charge in [-0.2, -0.15) is 0 Å². The van der Waals surface area contributed by atoms with Crippen LogP contribution in [0.25, 0.3) is 0 Å². The van der Waals surface area contributed by atoms with Gasteiger partial charge in [0.2, 0.25) is 0 Å². The van der Waals surface area contributed by atoms with Gasteiger partial charge in [-0.15, -0.1) is 0 Å². The maximum absolute atomic E-state index is 10.3. The van der Waals surface area contributed by atoms with Crippen LogP contribution in [0.5, 0.6) is 0 Å². The summed E-state index contributed by atoms with van der Waals surface area (Å²) in [6.45, 7) is 4.13. The Morgan fingerprint density at radius 3 is 2.33 bits per heavy atom. The molecule has 1 saturated heterocycles. The molecule has 18 heavy (non-hydrogen) atoms. The molecule has 0 amide bonds. The third-order valence-corrected chi connectivity index (χ3v) is 4.88. The Morgan fingerprint density at radius 1 is 1.33 bits per heavy atom. The molecule has 1 rings (SSSR count). The highest BCUT2D eigenvalue weighted by atomic mass is 127. The molecule has 5 atom stereocenters. The summed E-state index contributed by atoms with van der Waals surface area (Å²) in [5, 5.41) is 9.80. The quantitative estimate of drug-likeness (QED) is 0.281. The van der Waals surface area contributed by atoms with Crippen LogP contribution in [0.15, 0.2) is 0 Å². The minimum atomic E-state index is -0.789. The lowest BCUT2D eigenvalue weighted by atomic mass is 9.94. The molecular formula is C9H15I3O5S. The van der Waals surface area contributed by atoms with Gasteiger partial charge in [-0.3, -0.25) is 3.07 Å². The topological polar surface area (TPSA) is 68.2 Å². The zero-order valence-corrected chi connectivity index (χ0v) is 17.0. The molecular weight excluding hydrogens is 601 g/mol. The van der Waals surface area contributed by atoms with Gasteiger partial charge < -0.3 is 17.5 Å². The van der Waals surface area contributed by atoms with E-state index in [1.54, 1.807) is 46.0 Å². The number of hydrogen-bond acceptors (Lipinski definition) is 6. The first kappa shape index (κ1) is 18.4. The van der Waals surface area contributed by atoms with Crippen molar-refractivity contribution in [2.75, 3.05) is 0 Å². The summed E-state index contributed by atoms with van der Waals surface area (Å²) in [7, 11) is 0. The van der Waals surface area contributed by atoms with Crippen LogP contribution in [-0.2, 0) is 10.9 Å². The second-order valence-electron chi connectivity index (χ2n) is 4.67. The smallest absolute Gasteiger partial charge is 0.185 e. The number of aliphatic hydroxyl groups excluding tert-OH is 1. The van der Waals surface area contributed by atoms with Crippen LogP contribution in [0.1, 0.15) is 20.3 Å². The second-order valence-corrected chi connectivity index (χ2v) is 9.36. The Balaban J connectivity index is 2.83. The monoisotopic (exact) mass is 616 g/mol. The molecule has 0 bridgehead atoms. The molecule has 1 heterocycles. The Bertz CT molecular complexity index is 265. The van der Waals surface area contributed by atoms with E-state index in [2.05, 4.69) is 36.4 Å². The third-order valence-electron chi connectivity index (χ3n) is 2.62. The van der Waals surface area contributed by atoms with Crippen LogP contribution in [0.4, 0.5) is 0 Å². The summed E-state index contributed by atoms with van der Waals surface area (Å²) < 4.78 is 25.4. The van der Waals surface area contributed by atoms with E-state index in [1.165, 1.54) is 0 Å². The molecule has 0 aromatic rings. The zero-order chi connectivity index (χ0) is 13.9. The number of rotatable bonds is 5. The van der Waals surface area contributed by atoms with Crippen molar-refractivity contribution in [2.24, 2.45) is 0 Å². The van der Waals surface area contributed by atoms with Gasteiger partial charge in [0.1, 0.15) is 63.5 Å². The Labute approximate surface area is 153 Å². The summed E-state index contributed by atoms with van der Waals surface area (Å²) in [5.41, 5.74) is 0. The van der Waals surface area contributed by atoms with Gasteiger partial charge in [0.15, 0.2) is 6.29 Å². The maximum Gasteiger partial charge on any atom is 0.185 e. The lowest BCUT2D eigenvalue weighted by Crippen LogP contribution is -2.57. The zero-order valence-electron chi connectivity index (χ0n) is 9.76. The molecule has 0 aromatic heterocycles. The molecule has 1 aliphatic heterocycles. The van der Waals surface area contributed by atoms with Gasteiger partial charge in [0, 0.05) is 3.42 Å². The summed E-state index contributed by atoms with van der Waals surface area (Å²) in [6, 6.07) is 0. The van der Waals surface area contributed by atoms with E-state index in [0.717, 1.165) is 0 Å². The van der Waals surface area contributed by atoms with Crippen molar-refractivity contribution in [3.63, 3.8) is 0 Å². The highest BCUT2D eigenvalue weighted by Crippen LogP contribution is 2.37. The van der Waals surface area contributed by atoms with Crippen molar-refractivity contribution in [1.29, 1.82) is 0 Å². The normalized spacial score (nSPS) is 37.8. The van der Waals surface area contributed by atoms with E-state index < -0.39 is 23.7 Å². The standard InChI is InChI=1S/C9H15I3O5S/c1-9(2,10)3-4-5(13)6(16-11)7(18-14)8(15-4)17-12/h4-8,13-14H,3H2,1-2H3. The van der Waals surface area contributed by atoms with E-state index in [-0.39, 0.29) is 9.53 Å². The molecule has 2 N–H and O–H groups in total. The molecule has 0 radical (unpaired) electrons. The van der Waals surface area contributed by atoms with Crippen molar-refractivity contribution in [1.82, 2.24) is 0 Å². The van der Waals surface area contributed by atoms with Gasteiger partial charge >= 0.3 is 0 Å². The first-order valence-corrected chi connectivity index (χ1v) is 8.89. The number of hydrogen-bond donors (Lipinski definition) is 2. The molecule has 0 aromatic carbocycles. The van der Waals surface area contributed by atoms with Crippen LogP contribution < -0.4 is 0 Å². The molecule has 0 aliphatic carbocycles. The average molecular weight is 616 g/mol. The first-order valence-electron chi connectivity index (χ1n) is 5.21. The number of aliphatic hydroxyl groups is 1. The maximum atomic E-state index is 10.3. The summed E-state index contributed by atoms with van der Waals surface area (Å²) >= 11 is 6.37. The molecule has 9 heteroatoms. The largest absolute Gasteiger partial charge is 0.388 e. The van der Waals surface area contributed by atoms with Gasteiger partial charge in [-0.05, 0) is 18.5 Å². The van der Waals surface area contributed by atoms with E-state index in [4.69, 9.17) is 10.9 Å². The lowest BCUT2D eigenvalue weighted by molar-refractivity contribution is -0.200. The fourth-order valence-corrected chi connectivity index (χ4v) is 4.26. The van der Waals surface area contributed by atoms with Crippen molar-refractivity contribution in [2.45, 2.75) is 53.5 Å². The molecule has 1 aliphatic rings. The number of alkyl halides is 1. The van der Waals surface area contributed by atoms with Gasteiger partial charge in [-0.25, -0.2) is 0 Å². The van der Waals surface area contributed by atoms with Gasteiger partial charge in [0.25, 0.3) is 0 Å². The predicted molar refractivity (Wildman–Crippen MR) is 95.4 cm³/mol. The third kappa shape index (κ3) is 4.96. The minimum Gasteiger partial charge on any atom is -0.388 e. The first-order chi connectivity index (χ1) is 8.34. The highest BCUT2D eigenvalue weighted by molar-refractivity contribution is 14.1. The van der Waals surface area contributed by atoms with E-state index in [1.807, 2.05) is 0 Å². The average Bonchev–Trinajstić information content (AvgIpc) is 2.29. The van der Waals surface area contributed by atoms with Crippen LogP contribution in [0.3, 0.4) is 0 Å². The van der Waals surface area contributed by atoms with Crippen LogP contribution in [-0.4, -0.2) is 42.9 Å². The second kappa shape index (κ2) is 8.10. The van der Waals surface area contributed by atoms with Gasteiger partial charge in [0.05, 0.1) is 6.10 Å². The van der Waals surface area contributed by atoms with Crippen molar-refractivity contribution in [3.8, 4) is 0 Å². The Morgan fingerprint density at radius 2 is 1.94 bits per heavy atom. The minimum absolute atomic E-state index is 0.00571. The fraction of sp³-hybridized carbons (Fsp3) is 1.00. The van der Waals surface area contributed by atoms with Crippen LogP contribution in [0.2, 0.25) is 0 Å². The van der Waals surface area contributed by atoms with Crippen LogP contribution >= 0.6 is 80.6 Å². The van der Waals surface area contributed by atoms with E-state index >= 15 is 0 Å². The van der Waals surface area contributed by atoms with E-state index in [9.17, 15) is 9.66 Å².